The molecule has 0 atom stereocenters. The molecule has 2 aromatic heterocycles. The van der Waals surface area contributed by atoms with Gasteiger partial charge in [-0.2, -0.15) is 18.3 Å². The van der Waals surface area contributed by atoms with E-state index < -0.39 is 11.1 Å². The van der Waals surface area contributed by atoms with E-state index in [1.165, 1.54) is 22.5 Å². The SMILES string of the molecule is CC(C)c1ccc2cc(C(F)(F)F)sc2c1.CC(C)c1ccc2cnn(C)c2c1. The summed E-state index contributed by atoms with van der Waals surface area (Å²) in [5, 5.41) is 6.10. The van der Waals surface area contributed by atoms with Crippen molar-refractivity contribution in [2.24, 2.45) is 7.05 Å². The van der Waals surface area contributed by atoms with Crippen molar-refractivity contribution >= 4 is 32.3 Å². The highest BCUT2D eigenvalue weighted by Gasteiger charge is 2.32. The van der Waals surface area contributed by atoms with Crippen molar-refractivity contribution in [2.45, 2.75) is 45.7 Å². The summed E-state index contributed by atoms with van der Waals surface area (Å²) in [7, 11) is 1.98. The fraction of sp³-hybridized carbons (Fsp3) is 0.348. The highest BCUT2D eigenvalue weighted by atomic mass is 32.1. The maximum absolute atomic E-state index is 12.5. The van der Waals surface area contributed by atoms with Gasteiger partial charge >= 0.3 is 6.18 Å². The van der Waals surface area contributed by atoms with Crippen LogP contribution in [0.2, 0.25) is 0 Å². The van der Waals surface area contributed by atoms with E-state index in [1.807, 2.05) is 43.9 Å². The quantitative estimate of drug-likeness (QED) is 0.325. The van der Waals surface area contributed by atoms with Gasteiger partial charge < -0.3 is 0 Å². The van der Waals surface area contributed by atoms with Crippen LogP contribution >= 0.6 is 11.3 Å². The minimum absolute atomic E-state index is 0.334. The Kier molecular flexibility index (Phi) is 6.03. The molecule has 0 N–H and O–H groups in total. The molecule has 0 saturated heterocycles. The summed E-state index contributed by atoms with van der Waals surface area (Å²) in [5.74, 6) is 0.917. The van der Waals surface area contributed by atoms with E-state index in [1.54, 1.807) is 6.07 Å². The van der Waals surface area contributed by atoms with Gasteiger partial charge in [0.2, 0.25) is 0 Å². The average Bonchev–Trinajstić information content (AvgIpc) is 3.25. The van der Waals surface area contributed by atoms with Crippen LogP contribution in [0.1, 0.15) is 55.5 Å². The summed E-state index contributed by atoms with van der Waals surface area (Å²) in [5.41, 5.74) is 3.66. The molecule has 0 fully saturated rings. The number of hydrogen-bond donors (Lipinski definition) is 0. The van der Waals surface area contributed by atoms with Gasteiger partial charge in [0.25, 0.3) is 0 Å². The second-order valence-electron chi connectivity index (χ2n) is 7.80. The van der Waals surface area contributed by atoms with Crippen molar-refractivity contribution in [3.8, 4) is 0 Å². The molecule has 0 aliphatic rings. The fourth-order valence-electron chi connectivity index (χ4n) is 3.07. The van der Waals surface area contributed by atoms with Gasteiger partial charge in [-0.1, -0.05) is 52.0 Å². The molecule has 0 spiro atoms. The Balaban J connectivity index is 0.000000169. The maximum atomic E-state index is 12.5. The zero-order valence-electron chi connectivity index (χ0n) is 17.2. The largest absolute Gasteiger partial charge is 0.425 e. The van der Waals surface area contributed by atoms with Crippen LogP contribution in [0, 0.1) is 0 Å². The molecule has 2 aromatic carbocycles. The van der Waals surface area contributed by atoms with E-state index in [2.05, 4.69) is 37.1 Å². The van der Waals surface area contributed by atoms with Crippen LogP contribution < -0.4 is 0 Å². The molecular formula is C23H25F3N2S. The molecule has 2 heterocycles. The van der Waals surface area contributed by atoms with E-state index in [4.69, 9.17) is 0 Å². The van der Waals surface area contributed by atoms with Gasteiger partial charge in [-0.15, -0.1) is 11.3 Å². The third-order valence-electron chi connectivity index (χ3n) is 4.93. The predicted octanol–water partition coefficient (Wildman–Crippen LogP) is 7.74. The molecule has 0 aliphatic heterocycles. The van der Waals surface area contributed by atoms with Gasteiger partial charge in [-0.05, 0) is 46.5 Å². The van der Waals surface area contributed by atoms with E-state index in [9.17, 15) is 13.2 Å². The van der Waals surface area contributed by atoms with E-state index >= 15 is 0 Å². The number of alkyl halides is 3. The molecule has 4 aromatic rings. The van der Waals surface area contributed by atoms with Crippen LogP contribution in [0.4, 0.5) is 13.2 Å². The van der Waals surface area contributed by atoms with Crippen molar-refractivity contribution in [3.63, 3.8) is 0 Å². The Morgan fingerprint density at radius 2 is 1.45 bits per heavy atom. The Morgan fingerprint density at radius 1 is 0.862 bits per heavy atom. The van der Waals surface area contributed by atoms with Crippen molar-refractivity contribution in [1.29, 1.82) is 0 Å². The summed E-state index contributed by atoms with van der Waals surface area (Å²) in [6.07, 6.45) is -2.33. The van der Waals surface area contributed by atoms with Crippen LogP contribution in [0.25, 0.3) is 21.0 Å². The summed E-state index contributed by atoms with van der Waals surface area (Å²) in [6, 6.07) is 13.2. The first-order valence-corrected chi connectivity index (χ1v) is 10.4. The second-order valence-corrected chi connectivity index (χ2v) is 8.89. The number of benzene rings is 2. The van der Waals surface area contributed by atoms with Crippen molar-refractivity contribution in [2.75, 3.05) is 0 Å². The van der Waals surface area contributed by atoms with E-state index in [0.29, 0.717) is 21.9 Å². The standard InChI is InChI=1S/C12H11F3S.C11H14N2/c1-7(2)8-3-4-9-6-11(12(13,14)15)16-10(9)5-8;1-8(2)9-4-5-10-7-12-13(3)11(10)6-9/h3-7H,1-2H3;4-8H,1-3H3. The lowest BCUT2D eigenvalue weighted by molar-refractivity contribution is -0.134. The van der Waals surface area contributed by atoms with Crippen molar-refractivity contribution in [1.82, 2.24) is 9.78 Å². The molecule has 0 saturated carbocycles. The lowest BCUT2D eigenvalue weighted by atomic mass is 10.0. The molecule has 0 bridgehead atoms. The maximum Gasteiger partial charge on any atom is 0.425 e. The van der Waals surface area contributed by atoms with Gasteiger partial charge in [0.05, 0.1) is 11.7 Å². The third-order valence-corrected chi connectivity index (χ3v) is 6.07. The molecule has 2 nitrogen and oxygen atoms in total. The highest BCUT2D eigenvalue weighted by molar-refractivity contribution is 7.19. The lowest BCUT2D eigenvalue weighted by Gasteiger charge is -2.04. The molecule has 4 rings (SSSR count). The van der Waals surface area contributed by atoms with Crippen molar-refractivity contribution in [3.05, 3.63) is 64.7 Å². The Morgan fingerprint density at radius 3 is 2.03 bits per heavy atom. The molecule has 29 heavy (non-hydrogen) atoms. The van der Waals surface area contributed by atoms with Crippen molar-refractivity contribution < 1.29 is 13.2 Å². The third kappa shape index (κ3) is 4.81. The summed E-state index contributed by atoms with van der Waals surface area (Å²) in [6.45, 7) is 8.47. The van der Waals surface area contributed by atoms with Gasteiger partial charge in [-0.3, -0.25) is 4.68 Å². The number of aromatic nitrogens is 2. The Bertz CT molecular complexity index is 1120. The minimum atomic E-state index is -4.23. The second kappa shape index (κ2) is 8.19. The van der Waals surface area contributed by atoms with Gasteiger partial charge in [0.15, 0.2) is 0 Å². The van der Waals surface area contributed by atoms with Gasteiger partial charge in [-0.25, -0.2) is 0 Å². The molecule has 0 radical (unpaired) electrons. The topological polar surface area (TPSA) is 17.8 Å². The number of halogens is 3. The number of hydrogen-bond acceptors (Lipinski definition) is 2. The molecule has 0 amide bonds. The summed E-state index contributed by atoms with van der Waals surface area (Å²) < 4.78 is 40.1. The first-order valence-electron chi connectivity index (χ1n) is 9.58. The Labute approximate surface area is 173 Å². The zero-order valence-corrected chi connectivity index (χ0v) is 18.0. The number of aryl methyl sites for hydroxylation is 1. The minimum Gasteiger partial charge on any atom is -0.268 e. The zero-order chi connectivity index (χ0) is 21.3. The van der Waals surface area contributed by atoms with E-state index in [-0.39, 0.29) is 0 Å². The van der Waals surface area contributed by atoms with Gasteiger partial charge in [0.1, 0.15) is 4.88 Å². The van der Waals surface area contributed by atoms with Crippen LogP contribution in [-0.4, -0.2) is 9.78 Å². The monoisotopic (exact) mass is 418 g/mol. The number of rotatable bonds is 2. The normalized spacial score (nSPS) is 12.1. The Hall–Kier alpha value is -2.34. The molecule has 0 unspecified atom stereocenters. The van der Waals surface area contributed by atoms with Crippen LogP contribution in [0.5, 0.6) is 0 Å². The van der Waals surface area contributed by atoms with Gasteiger partial charge in [0, 0.05) is 17.1 Å². The molecule has 0 aliphatic carbocycles. The van der Waals surface area contributed by atoms with E-state index in [0.717, 1.165) is 16.9 Å². The smallest absolute Gasteiger partial charge is 0.268 e. The van der Waals surface area contributed by atoms with Crippen LogP contribution in [0.15, 0.2) is 48.7 Å². The fourth-order valence-corrected chi connectivity index (χ4v) is 4.05. The summed E-state index contributed by atoms with van der Waals surface area (Å²) in [4.78, 5) is -0.525. The molecule has 154 valence electrons. The average molecular weight is 419 g/mol. The summed E-state index contributed by atoms with van der Waals surface area (Å²) >= 11 is 0.811. The number of thiophene rings is 1. The number of fused-ring (bicyclic) bond motifs is 2. The lowest BCUT2D eigenvalue weighted by Crippen LogP contribution is -2.00. The molecule has 6 heteroatoms. The first kappa shape index (κ1) is 21.4. The molecular weight excluding hydrogens is 393 g/mol. The highest BCUT2D eigenvalue weighted by Crippen LogP contribution is 2.38. The first-order chi connectivity index (χ1) is 13.6. The van der Waals surface area contributed by atoms with Crippen LogP contribution in [0.3, 0.4) is 0 Å². The van der Waals surface area contributed by atoms with Crippen LogP contribution in [-0.2, 0) is 13.2 Å². The predicted molar refractivity (Wildman–Crippen MR) is 116 cm³/mol. The number of nitrogens with zero attached hydrogens (tertiary/aromatic N) is 2.